The van der Waals surface area contributed by atoms with Crippen LogP contribution in [-0.2, 0) is 0 Å². The first-order chi connectivity index (χ1) is 9.56. The van der Waals surface area contributed by atoms with E-state index in [1.165, 1.54) is 24.3 Å². The topological polar surface area (TPSA) is 91.7 Å². The molecule has 20 heavy (non-hydrogen) atoms. The fourth-order valence-corrected chi connectivity index (χ4v) is 2.37. The van der Waals surface area contributed by atoms with Gasteiger partial charge in [-0.1, -0.05) is 0 Å². The van der Waals surface area contributed by atoms with E-state index < -0.39 is 0 Å². The van der Waals surface area contributed by atoms with Gasteiger partial charge in [-0.3, -0.25) is 14.4 Å². The molecule has 0 atom stereocenters. The summed E-state index contributed by atoms with van der Waals surface area (Å²) in [6.07, 6.45) is 0.917. The molecule has 1 aliphatic carbocycles. The van der Waals surface area contributed by atoms with Crippen LogP contribution in [0.15, 0.2) is 24.3 Å². The summed E-state index contributed by atoms with van der Waals surface area (Å²) in [6.45, 7) is 0. The van der Waals surface area contributed by atoms with Crippen molar-refractivity contribution in [3.63, 3.8) is 0 Å². The normalized spacial score (nSPS) is 11.9. The van der Waals surface area contributed by atoms with Crippen molar-refractivity contribution in [2.45, 2.75) is 0 Å². The molecule has 0 fully saturated rings. The number of rotatable bonds is 2. The number of hydrogen-bond donors (Lipinski definition) is 2. The highest BCUT2D eigenvalue weighted by Crippen LogP contribution is 2.41. The van der Waals surface area contributed by atoms with Gasteiger partial charge in [-0.2, -0.15) is 0 Å². The van der Waals surface area contributed by atoms with Gasteiger partial charge >= 0.3 is 0 Å². The Morgan fingerprint density at radius 3 is 1.45 bits per heavy atom. The minimum absolute atomic E-state index is 0.0183. The maximum atomic E-state index is 12.3. The number of aldehydes is 2. The van der Waals surface area contributed by atoms with Crippen LogP contribution < -0.4 is 0 Å². The van der Waals surface area contributed by atoms with Crippen LogP contribution in [0.25, 0.3) is 11.1 Å². The van der Waals surface area contributed by atoms with Crippen molar-refractivity contribution in [2.75, 3.05) is 0 Å². The summed E-state index contributed by atoms with van der Waals surface area (Å²) in [5, 5.41) is 19.4. The Balaban J connectivity index is 2.33. The second kappa shape index (κ2) is 4.03. The highest BCUT2D eigenvalue weighted by atomic mass is 16.3. The van der Waals surface area contributed by atoms with Gasteiger partial charge < -0.3 is 10.2 Å². The Morgan fingerprint density at radius 2 is 1.10 bits per heavy atom. The molecule has 98 valence electrons. The van der Waals surface area contributed by atoms with Crippen molar-refractivity contribution in [2.24, 2.45) is 0 Å². The maximum absolute atomic E-state index is 12.3. The van der Waals surface area contributed by atoms with Crippen LogP contribution in [0.5, 0.6) is 11.5 Å². The zero-order chi connectivity index (χ0) is 14.4. The van der Waals surface area contributed by atoms with Crippen molar-refractivity contribution in [1.29, 1.82) is 0 Å². The highest BCUT2D eigenvalue weighted by molar-refractivity contribution is 6.23. The van der Waals surface area contributed by atoms with E-state index in [1.807, 2.05) is 0 Å². The minimum Gasteiger partial charge on any atom is -0.507 e. The Morgan fingerprint density at radius 1 is 0.700 bits per heavy atom. The van der Waals surface area contributed by atoms with E-state index in [-0.39, 0.29) is 39.5 Å². The number of ketones is 1. The Hall–Kier alpha value is -2.95. The van der Waals surface area contributed by atoms with Crippen molar-refractivity contribution in [3.8, 4) is 22.6 Å². The van der Waals surface area contributed by atoms with Crippen molar-refractivity contribution < 1.29 is 24.6 Å². The van der Waals surface area contributed by atoms with E-state index >= 15 is 0 Å². The number of phenolic OH excluding ortho intramolecular Hbond substituents is 2. The van der Waals surface area contributed by atoms with Gasteiger partial charge in [0, 0.05) is 11.1 Å². The number of fused-ring (bicyclic) bond motifs is 3. The first-order valence-electron chi connectivity index (χ1n) is 5.76. The Labute approximate surface area is 113 Å². The van der Waals surface area contributed by atoms with E-state index in [1.54, 1.807) is 0 Å². The van der Waals surface area contributed by atoms with Crippen molar-refractivity contribution >= 4 is 18.4 Å². The lowest BCUT2D eigenvalue weighted by Crippen LogP contribution is -1.97. The van der Waals surface area contributed by atoms with Crippen LogP contribution >= 0.6 is 0 Å². The van der Waals surface area contributed by atoms with Crippen molar-refractivity contribution in [3.05, 3.63) is 46.5 Å². The molecule has 0 aliphatic heterocycles. The zero-order valence-corrected chi connectivity index (χ0v) is 10.1. The van der Waals surface area contributed by atoms with Gasteiger partial charge in [0.2, 0.25) is 0 Å². The molecule has 0 bridgehead atoms. The Bertz CT molecular complexity index is 724. The fraction of sp³-hybridized carbons (Fsp3) is 0. The fourth-order valence-electron chi connectivity index (χ4n) is 2.37. The zero-order valence-electron chi connectivity index (χ0n) is 10.1. The lowest BCUT2D eigenvalue weighted by Gasteiger charge is -2.04. The van der Waals surface area contributed by atoms with Gasteiger partial charge in [0.25, 0.3) is 0 Å². The van der Waals surface area contributed by atoms with Gasteiger partial charge in [-0.15, -0.1) is 0 Å². The first-order valence-corrected chi connectivity index (χ1v) is 5.76. The number of carbonyl (C=O) groups excluding carboxylic acids is 3. The summed E-state index contributed by atoms with van der Waals surface area (Å²) >= 11 is 0. The van der Waals surface area contributed by atoms with E-state index in [0.29, 0.717) is 23.7 Å². The molecule has 0 saturated carbocycles. The van der Waals surface area contributed by atoms with Gasteiger partial charge in [0.05, 0.1) is 11.1 Å². The maximum Gasteiger partial charge on any atom is 0.194 e. The average molecular weight is 268 g/mol. The Kier molecular flexibility index (Phi) is 2.44. The van der Waals surface area contributed by atoms with E-state index in [0.717, 1.165) is 0 Å². The largest absolute Gasteiger partial charge is 0.507 e. The molecule has 2 aromatic rings. The molecular formula is C15H8O5. The average Bonchev–Trinajstić information content (AvgIpc) is 2.69. The predicted octanol–water partition coefficient (Wildman–Crippen LogP) is 1.93. The number of aromatic hydroxyl groups is 2. The van der Waals surface area contributed by atoms with Crippen LogP contribution in [0, 0.1) is 0 Å². The summed E-state index contributed by atoms with van der Waals surface area (Å²) in [4.78, 5) is 33.9. The van der Waals surface area contributed by atoms with Crippen LogP contribution in [-0.4, -0.2) is 28.6 Å². The first kappa shape index (κ1) is 12.1. The molecule has 0 amide bonds. The third-order valence-corrected chi connectivity index (χ3v) is 3.37. The third-order valence-electron chi connectivity index (χ3n) is 3.37. The summed E-state index contributed by atoms with van der Waals surface area (Å²) in [7, 11) is 0. The van der Waals surface area contributed by atoms with Crippen LogP contribution in [0.3, 0.4) is 0 Å². The number of carbonyl (C=O) groups is 3. The minimum atomic E-state index is -0.346. The predicted molar refractivity (Wildman–Crippen MR) is 69.4 cm³/mol. The molecule has 0 saturated heterocycles. The molecule has 0 heterocycles. The molecule has 5 heteroatoms. The lowest BCUT2D eigenvalue weighted by atomic mass is 10.0. The van der Waals surface area contributed by atoms with Crippen molar-refractivity contribution in [1.82, 2.24) is 0 Å². The molecular weight excluding hydrogens is 260 g/mol. The smallest absolute Gasteiger partial charge is 0.194 e. The third kappa shape index (κ3) is 1.46. The van der Waals surface area contributed by atoms with E-state index in [9.17, 15) is 24.6 Å². The number of benzene rings is 2. The van der Waals surface area contributed by atoms with Crippen LogP contribution in [0.2, 0.25) is 0 Å². The van der Waals surface area contributed by atoms with E-state index in [2.05, 4.69) is 0 Å². The number of hydrogen-bond acceptors (Lipinski definition) is 5. The summed E-state index contributed by atoms with van der Waals surface area (Å²) < 4.78 is 0. The molecule has 0 aromatic heterocycles. The molecule has 2 N–H and O–H groups in total. The molecule has 3 rings (SSSR count). The standard InChI is InChI=1S/C15H8O5/c16-5-7-1-11-9(3-13(7)18)10-4-14(19)8(6-17)2-12(10)15(11)20/h1-6,18-19H. The summed E-state index contributed by atoms with van der Waals surface area (Å²) in [5.41, 5.74) is 1.43. The molecule has 0 spiro atoms. The molecule has 2 aromatic carbocycles. The van der Waals surface area contributed by atoms with Gasteiger partial charge in [-0.25, -0.2) is 0 Å². The lowest BCUT2D eigenvalue weighted by molar-refractivity contribution is 0.104. The second-order valence-corrected chi connectivity index (χ2v) is 4.48. The summed E-state index contributed by atoms with van der Waals surface area (Å²) in [5.74, 6) is -0.821. The van der Waals surface area contributed by atoms with Gasteiger partial charge in [0.1, 0.15) is 11.5 Å². The molecule has 0 radical (unpaired) electrons. The summed E-state index contributed by atoms with van der Waals surface area (Å²) in [6, 6.07) is 5.22. The molecule has 1 aliphatic rings. The quantitative estimate of drug-likeness (QED) is 0.693. The highest BCUT2D eigenvalue weighted by Gasteiger charge is 2.29. The van der Waals surface area contributed by atoms with Gasteiger partial charge in [-0.05, 0) is 35.4 Å². The van der Waals surface area contributed by atoms with Crippen LogP contribution in [0.4, 0.5) is 0 Å². The number of phenols is 2. The monoisotopic (exact) mass is 268 g/mol. The SMILES string of the molecule is O=Cc1cc2c(cc1O)-c1cc(O)c(C=O)cc1C2=O. The molecule has 5 nitrogen and oxygen atoms in total. The van der Waals surface area contributed by atoms with Crippen LogP contribution in [0.1, 0.15) is 36.6 Å². The van der Waals surface area contributed by atoms with Gasteiger partial charge in [0.15, 0.2) is 18.4 Å². The van der Waals surface area contributed by atoms with E-state index in [4.69, 9.17) is 0 Å². The second-order valence-electron chi connectivity index (χ2n) is 4.48. The molecule has 0 unspecified atom stereocenters.